The maximum absolute atomic E-state index is 13.2. The van der Waals surface area contributed by atoms with E-state index in [2.05, 4.69) is 10.4 Å². The summed E-state index contributed by atoms with van der Waals surface area (Å²) in [6, 6.07) is 8.98. The molecule has 0 bridgehead atoms. The summed E-state index contributed by atoms with van der Waals surface area (Å²) < 4.78 is 57.0. The molecule has 2 aromatic carbocycles. The molecule has 0 aliphatic heterocycles. The van der Waals surface area contributed by atoms with Gasteiger partial charge in [-0.2, -0.15) is 23.0 Å². The number of hydrogen-bond acceptors (Lipinski definition) is 5. The molecule has 0 unspecified atom stereocenters. The van der Waals surface area contributed by atoms with E-state index in [4.69, 9.17) is 4.74 Å². The number of halogens is 4. The Balaban J connectivity index is 1.98. The highest BCUT2D eigenvalue weighted by Gasteiger charge is 2.30. The number of rotatable bonds is 5. The van der Waals surface area contributed by atoms with E-state index >= 15 is 0 Å². The topological polar surface area (TPSA) is 90.3 Å². The minimum absolute atomic E-state index is 0.0253. The number of hydrogen-bond donors (Lipinski definition) is 1. The first-order chi connectivity index (χ1) is 15.1. The molecule has 32 heavy (non-hydrogen) atoms. The number of nitrogens with one attached hydrogen (secondary N) is 1. The zero-order valence-electron chi connectivity index (χ0n) is 16.4. The molecule has 11 heteroatoms. The Hall–Kier alpha value is -4.02. The van der Waals surface area contributed by atoms with Crippen LogP contribution in [-0.2, 0) is 10.9 Å². The van der Waals surface area contributed by atoms with Crippen LogP contribution in [0.4, 0.5) is 23.2 Å². The van der Waals surface area contributed by atoms with Crippen molar-refractivity contribution in [2.24, 2.45) is 0 Å². The molecule has 1 aromatic heterocycles. The summed E-state index contributed by atoms with van der Waals surface area (Å²) >= 11 is 0. The normalized spacial score (nSPS) is 11.2. The third-order valence-corrected chi connectivity index (χ3v) is 4.19. The molecule has 1 heterocycles. The number of carbonyl (C=O) groups is 2. The number of ether oxygens (including phenoxy) is 1. The fourth-order valence-corrected chi connectivity index (χ4v) is 2.67. The molecule has 0 aliphatic carbocycles. The summed E-state index contributed by atoms with van der Waals surface area (Å²) in [7, 11) is 0. The Morgan fingerprint density at radius 1 is 1.06 bits per heavy atom. The zero-order valence-corrected chi connectivity index (χ0v) is 16.4. The number of carbonyl (C=O) groups excluding carboxylic acids is 2. The van der Waals surface area contributed by atoms with Gasteiger partial charge in [-0.1, -0.05) is 0 Å². The SMILES string of the molecule is CCOC(=O)c1nn(-c2ccc(F)cc2)c(=O)cc1NC(=O)c1ccc(C(F)(F)F)cc1. The summed E-state index contributed by atoms with van der Waals surface area (Å²) in [6.45, 7) is 1.51. The second-order valence-corrected chi connectivity index (χ2v) is 6.38. The van der Waals surface area contributed by atoms with Gasteiger partial charge in [0.1, 0.15) is 5.82 Å². The van der Waals surface area contributed by atoms with Crippen LogP contribution in [0.25, 0.3) is 5.69 Å². The average Bonchev–Trinajstić information content (AvgIpc) is 2.74. The van der Waals surface area contributed by atoms with Gasteiger partial charge in [-0.3, -0.25) is 9.59 Å². The van der Waals surface area contributed by atoms with Gasteiger partial charge in [0.2, 0.25) is 0 Å². The highest BCUT2D eigenvalue weighted by molar-refractivity contribution is 6.07. The summed E-state index contributed by atoms with van der Waals surface area (Å²) in [4.78, 5) is 37.3. The second-order valence-electron chi connectivity index (χ2n) is 6.38. The van der Waals surface area contributed by atoms with E-state index in [9.17, 15) is 31.9 Å². The predicted molar refractivity (Wildman–Crippen MR) is 105 cm³/mol. The molecular weight excluding hydrogens is 434 g/mol. The summed E-state index contributed by atoms with van der Waals surface area (Å²) in [5.74, 6) is -2.37. The minimum Gasteiger partial charge on any atom is -0.461 e. The van der Waals surface area contributed by atoms with Crippen LogP contribution in [-0.4, -0.2) is 28.3 Å². The molecule has 0 spiro atoms. The van der Waals surface area contributed by atoms with Crippen molar-refractivity contribution >= 4 is 17.6 Å². The van der Waals surface area contributed by atoms with Crippen molar-refractivity contribution in [1.29, 1.82) is 0 Å². The van der Waals surface area contributed by atoms with E-state index in [-0.39, 0.29) is 23.5 Å². The largest absolute Gasteiger partial charge is 0.461 e. The molecular formula is C21H15F4N3O4. The summed E-state index contributed by atoms with van der Waals surface area (Å²) in [6.07, 6.45) is -4.57. The van der Waals surface area contributed by atoms with Crippen LogP contribution in [0, 0.1) is 5.82 Å². The van der Waals surface area contributed by atoms with Crippen molar-refractivity contribution in [3.05, 3.63) is 87.6 Å². The Kier molecular flexibility index (Phi) is 6.37. The van der Waals surface area contributed by atoms with E-state index in [1.165, 1.54) is 19.1 Å². The monoisotopic (exact) mass is 449 g/mol. The lowest BCUT2D eigenvalue weighted by molar-refractivity contribution is -0.137. The van der Waals surface area contributed by atoms with Crippen molar-refractivity contribution in [3.8, 4) is 5.69 Å². The van der Waals surface area contributed by atoms with Crippen LogP contribution in [0.15, 0.2) is 59.4 Å². The fraction of sp³-hybridized carbons (Fsp3) is 0.143. The number of esters is 1. The van der Waals surface area contributed by atoms with Gasteiger partial charge in [-0.05, 0) is 55.5 Å². The van der Waals surface area contributed by atoms with E-state index in [0.717, 1.165) is 47.1 Å². The van der Waals surface area contributed by atoms with Gasteiger partial charge in [-0.15, -0.1) is 0 Å². The second kappa shape index (κ2) is 9.00. The summed E-state index contributed by atoms with van der Waals surface area (Å²) in [5, 5.41) is 6.22. The van der Waals surface area contributed by atoms with Crippen LogP contribution in [0.2, 0.25) is 0 Å². The quantitative estimate of drug-likeness (QED) is 0.473. The van der Waals surface area contributed by atoms with Gasteiger partial charge in [0.05, 0.1) is 23.5 Å². The maximum Gasteiger partial charge on any atom is 0.416 e. The van der Waals surface area contributed by atoms with Gasteiger partial charge in [0.25, 0.3) is 11.5 Å². The Bertz CT molecular complexity index is 1200. The molecule has 0 atom stereocenters. The number of aromatic nitrogens is 2. The lowest BCUT2D eigenvalue weighted by atomic mass is 10.1. The van der Waals surface area contributed by atoms with E-state index in [1.54, 1.807) is 0 Å². The fourth-order valence-electron chi connectivity index (χ4n) is 2.67. The smallest absolute Gasteiger partial charge is 0.416 e. The molecule has 0 aliphatic rings. The molecule has 0 radical (unpaired) electrons. The van der Waals surface area contributed by atoms with Crippen molar-refractivity contribution in [2.75, 3.05) is 11.9 Å². The van der Waals surface area contributed by atoms with Crippen LogP contribution in [0.5, 0.6) is 0 Å². The van der Waals surface area contributed by atoms with Crippen molar-refractivity contribution < 1.29 is 31.9 Å². The lowest BCUT2D eigenvalue weighted by Crippen LogP contribution is -2.27. The average molecular weight is 449 g/mol. The van der Waals surface area contributed by atoms with E-state index in [0.29, 0.717) is 0 Å². The number of alkyl halides is 3. The van der Waals surface area contributed by atoms with Gasteiger partial charge >= 0.3 is 12.1 Å². The predicted octanol–water partition coefficient (Wildman–Crippen LogP) is 3.82. The van der Waals surface area contributed by atoms with Crippen molar-refractivity contribution in [3.63, 3.8) is 0 Å². The third-order valence-electron chi connectivity index (χ3n) is 4.19. The number of nitrogens with zero attached hydrogens (tertiary/aromatic N) is 2. The van der Waals surface area contributed by atoms with Crippen LogP contribution in [0.3, 0.4) is 0 Å². The van der Waals surface area contributed by atoms with E-state index < -0.39 is 40.7 Å². The highest BCUT2D eigenvalue weighted by Crippen LogP contribution is 2.29. The van der Waals surface area contributed by atoms with Crippen LogP contribution < -0.4 is 10.9 Å². The summed E-state index contributed by atoms with van der Waals surface area (Å²) in [5.41, 5.74) is -2.40. The van der Waals surface area contributed by atoms with Crippen molar-refractivity contribution in [2.45, 2.75) is 13.1 Å². The Morgan fingerprint density at radius 2 is 1.69 bits per heavy atom. The lowest BCUT2D eigenvalue weighted by Gasteiger charge is -2.13. The molecule has 0 saturated carbocycles. The zero-order chi connectivity index (χ0) is 23.5. The van der Waals surface area contributed by atoms with Gasteiger partial charge in [-0.25, -0.2) is 9.18 Å². The minimum atomic E-state index is -4.57. The van der Waals surface area contributed by atoms with Crippen molar-refractivity contribution in [1.82, 2.24) is 9.78 Å². The molecule has 1 N–H and O–H groups in total. The molecule has 3 aromatic rings. The van der Waals surface area contributed by atoms with Crippen LogP contribution >= 0.6 is 0 Å². The molecule has 0 fully saturated rings. The van der Waals surface area contributed by atoms with E-state index in [1.807, 2.05) is 0 Å². The Labute approximate surface area is 178 Å². The number of benzene rings is 2. The van der Waals surface area contributed by atoms with Gasteiger partial charge < -0.3 is 10.1 Å². The third kappa shape index (κ3) is 4.99. The first-order valence-corrected chi connectivity index (χ1v) is 9.16. The first kappa shape index (κ1) is 22.7. The standard InChI is InChI=1S/C21H15F4N3O4/c1-2-32-20(31)18-16(11-17(29)28(27-18)15-9-7-14(22)8-10-15)26-19(30)12-3-5-13(6-4-12)21(23,24)25/h3-11H,2H2,1H3,(H,26,30). The van der Waals surface area contributed by atoms with Crippen LogP contribution in [0.1, 0.15) is 33.3 Å². The van der Waals surface area contributed by atoms with Gasteiger partial charge in [0, 0.05) is 11.6 Å². The highest BCUT2D eigenvalue weighted by atomic mass is 19.4. The number of anilines is 1. The molecule has 3 rings (SSSR count). The Morgan fingerprint density at radius 3 is 2.25 bits per heavy atom. The van der Waals surface area contributed by atoms with Gasteiger partial charge in [0.15, 0.2) is 5.69 Å². The maximum atomic E-state index is 13.2. The number of amides is 1. The molecule has 7 nitrogen and oxygen atoms in total. The molecule has 166 valence electrons. The molecule has 0 saturated heterocycles. The molecule has 1 amide bonds. The first-order valence-electron chi connectivity index (χ1n) is 9.16.